The lowest BCUT2D eigenvalue weighted by Gasteiger charge is -2.32. The molecule has 0 saturated carbocycles. The lowest BCUT2D eigenvalue weighted by atomic mass is 9.93. The Labute approximate surface area is 171 Å². The van der Waals surface area contributed by atoms with E-state index in [0.29, 0.717) is 25.2 Å². The highest BCUT2D eigenvalue weighted by Crippen LogP contribution is 2.27. The van der Waals surface area contributed by atoms with Gasteiger partial charge in [0.15, 0.2) is 0 Å². The Balaban J connectivity index is 1.33. The quantitative estimate of drug-likeness (QED) is 0.867. The van der Waals surface area contributed by atoms with Gasteiger partial charge in [-0.15, -0.1) is 0 Å². The molecule has 2 atom stereocenters. The van der Waals surface area contributed by atoms with Crippen LogP contribution in [0.5, 0.6) is 5.75 Å². The Morgan fingerprint density at radius 1 is 1.14 bits per heavy atom. The van der Waals surface area contributed by atoms with Gasteiger partial charge in [-0.1, -0.05) is 24.6 Å². The van der Waals surface area contributed by atoms with Crippen molar-refractivity contribution < 1.29 is 14.3 Å². The van der Waals surface area contributed by atoms with E-state index in [-0.39, 0.29) is 29.8 Å². The molecule has 0 spiro atoms. The molecule has 29 heavy (non-hydrogen) atoms. The number of amides is 2. The van der Waals surface area contributed by atoms with Crippen molar-refractivity contribution >= 4 is 11.8 Å². The Hall–Kier alpha value is -2.89. The Morgan fingerprint density at radius 2 is 1.86 bits per heavy atom. The minimum atomic E-state index is -0.228. The average molecular weight is 393 g/mol. The zero-order valence-electron chi connectivity index (χ0n) is 16.9. The first-order valence-corrected chi connectivity index (χ1v) is 10.3. The molecule has 0 aliphatic carbocycles. The lowest BCUT2D eigenvalue weighted by Crippen LogP contribution is -2.41. The number of nitrogens with zero attached hydrogens (tertiary/aromatic N) is 2. The minimum Gasteiger partial charge on any atom is -0.490 e. The van der Waals surface area contributed by atoms with Crippen LogP contribution in [0.3, 0.4) is 0 Å². The average Bonchev–Trinajstić information content (AvgIpc) is 3.08. The van der Waals surface area contributed by atoms with Crippen molar-refractivity contribution in [2.24, 2.45) is 5.92 Å². The third kappa shape index (κ3) is 4.26. The number of hydrogen-bond donors (Lipinski definition) is 1. The number of piperidine rings is 1. The third-order valence-electron chi connectivity index (χ3n) is 5.85. The second kappa shape index (κ2) is 8.23. The summed E-state index contributed by atoms with van der Waals surface area (Å²) in [5.41, 5.74) is 2.51. The van der Waals surface area contributed by atoms with Crippen molar-refractivity contribution in [3.05, 3.63) is 59.4 Å². The number of aryl methyl sites for hydroxylation is 1. The molecule has 2 amide bonds. The van der Waals surface area contributed by atoms with E-state index < -0.39 is 0 Å². The molecule has 3 heterocycles. The molecule has 2 aliphatic rings. The van der Waals surface area contributed by atoms with E-state index in [1.165, 1.54) is 5.56 Å². The summed E-state index contributed by atoms with van der Waals surface area (Å²) in [5.74, 6) is 0.866. The van der Waals surface area contributed by atoms with Crippen LogP contribution in [0.1, 0.15) is 47.3 Å². The smallest absolute Gasteiger partial charge is 0.255 e. The van der Waals surface area contributed by atoms with E-state index in [2.05, 4.69) is 17.2 Å². The molecule has 2 saturated heterocycles. The summed E-state index contributed by atoms with van der Waals surface area (Å²) < 4.78 is 6.05. The summed E-state index contributed by atoms with van der Waals surface area (Å²) in [6, 6.07) is 11.7. The molecular weight excluding hydrogens is 366 g/mol. The highest BCUT2D eigenvalue weighted by atomic mass is 16.5. The van der Waals surface area contributed by atoms with E-state index in [1.54, 1.807) is 12.3 Å². The summed E-state index contributed by atoms with van der Waals surface area (Å²) in [7, 11) is 0. The first-order chi connectivity index (χ1) is 14.0. The van der Waals surface area contributed by atoms with Crippen LogP contribution in [0.2, 0.25) is 0 Å². The van der Waals surface area contributed by atoms with Gasteiger partial charge in [-0.2, -0.15) is 0 Å². The van der Waals surface area contributed by atoms with Crippen molar-refractivity contribution in [2.75, 3.05) is 19.6 Å². The van der Waals surface area contributed by atoms with Crippen molar-refractivity contribution in [2.45, 2.75) is 38.7 Å². The molecule has 6 heteroatoms. The van der Waals surface area contributed by atoms with Crippen molar-refractivity contribution in [3.8, 4) is 5.75 Å². The molecule has 2 aliphatic heterocycles. The van der Waals surface area contributed by atoms with Crippen LogP contribution < -0.4 is 10.1 Å². The molecule has 0 bridgehead atoms. The molecule has 2 aromatic rings. The highest BCUT2D eigenvalue weighted by molar-refractivity contribution is 5.94. The van der Waals surface area contributed by atoms with Gasteiger partial charge in [0.05, 0.1) is 17.2 Å². The number of benzene rings is 1. The number of carbonyl (C=O) groups is 2. The summed E-state index contributed by atoms with van der Waals surface area (Å²) in [5, 5.41) is 2.87. The fourth-order valence-electron chi connectivity index (χ4n) is 4.06. The van der Waals surface area contributed by atoms with Gasteiger partial charge >= 0.3 is 0 Å². The van der Waals surface area contributed by atoms with Gasteiger partial charge in [-0.25, -0.2) is 0 Å². The summed E-state index contributed by atoms with van der Waals surface area (Å²) >= 11 is 0. The van der Waals surface area contributed by atoms with Gasteiger partial charge < -0.3 is 15.0 Å². The molecular formula is C23H27N3O3. The summed E-state index contributed by atoms with van der Waals surface area (Å²) in [6.07, 6.45) is 3.35. The van der Waals surface area contributed by atoms with Crippen LogP contribution in [0.4, 0.5) is 0 Å². The van der Waals surface area contributed by atoms with Crippen LogP contribution in [0.15, 0.2) is 42.6 Å². The molecule has 2 fully saturated rings. The van der Waals surface area contributed by atoms with E-state index in [1.807, 2.05) is 42.2 Å². The van der Waals surface area contributed by atoms with Gasteiger partial charge in [0, 0.05) is 38.7 Å². The second-order valence-electron chi connectivity index (χ2n) is 8.09. The fourth-order valence-corrected chi connectivity index (χ4v) is 4.06. The number of ether oxygens (including phenoxy) is 1. The number of pyridine rings is 1. The van der Waals surface area contributed by atoms with Crippen molar-refractivity contribution in [3.63, 3.8) is 0 Å². The standard InChI is InChI=1S/C23H27N3O3/c1-15-3-6-18(7-4-15)29-19-9-11-26(12-10-19)23(28)17-5-8-20(24-14-17)21-16(2)13-25-22(21)27/h3-8,14,16,19,21H,9-13H2,1-2H3,(H,25,27)/t16?,21-/m1/s1. The van der Waals surface area contributed by atoms with Gasteiger partial charge in [-0.05, 0) is 37.1 Å². The lowest BCUT2D eigenvalue weighted by molar-refractivity contribution is -0.120. The van der Waals surface area contributed by atoms with E-state index in [9.17, 15) is 9.59 Å². The number of nitrogens with one attached hydrogen (secondary N) is 1. The Bertz CT molecular complexity index is 871. The van der Waals surface area contributed by atoms with Crippen molar-refractivity contribution in [1.82, 2.24) is 15.2 Å². The first-order valence-electron chi connectivity index (χ1n) is 10.3. The van der Waals surface area contributed by atoms with E-state index >= 15 is 0 Å². The van der Waals surface area contributed by atoms with Crippen LogP contribution >= 0.6 is 0 Å². The molecule has 6 nitrogen and oxygen atoms in total. The zero-order chi connectivity index (χ0) is 20.4. The fraction of sp³-hybridized carbons (Fsp3) is 0.435. The van der Waals surface area contributed by atoms with Crippen LogP contribution in [0, 0.1) is 12.8 Å². The second-order valence-corrected chi connectivity index (χ2v) is 8.09. The highest BCUT2D eigenvalue weighted by Gasteiger charge is 2.34. The molecule has 1 aromatic heterocycles. The van der Waals surface area contributed by atoms with E-state index in [0.717, 1.165) is 24.3 Å². The van der Waals surface area contributed by atoms with Gasteiger partial charge in [-0.3, -0.25) is 14.6 Å². The van der Waals surface area contributed by atoms with Crippen LogP contribution in [-0.4, -0.2) is 47.4 Å². The molecule has 0 radical (unpaired) electrons. The third-order valence-corrected chi connectivity index (χ3v) is 5.85. The SMILES string of the molecule is Cc1ccc(OC2CCN(C(=O)c3ccc([C@@H]4C(=O)NCC4C)nc3)CC2)cc1. The van der Waals surface area contributed by atoms with Crippen molar-refractivity contribution in [1.29, 1.82) is 0 Å². The number of carbonyl (C=O) groups excluding carboxylic acids is 2. The normalized spacial score (nSPS) is 22.4. The van der Waals surface area contributed by atoms with E-state index in [4.69, 9.17) is 4.74 Å². The molecule has 152 valence electrons. The van der Waals surface area contributed by atoms with Gasteiger partial charge in [0.2, 0.25) is 5.91 Å². The number of likely N-dealkylation sites (tertiary alicyclic amines) is 1. The summed E-state index contributed by atoms with van der Waals surface area (Å²) in [6.45, 7) is 6.09. The largest absolute Gasteiger partial charge is 0.490 e. The van der Waals surface area contributed by atoms with Gasteiger partial charge in [0.1, 0.15) is 11.9 Å². The molecule has 1 unspecified atom stereocenters. The Morgan fingerprint density at radius 3 is 2.45 bits per heavy atom. The van der Waals surface area contributed by atoms with Gasteiger partial charge in [0.25, 0.3) is 5.91 Å². The number of hydrogen-bond acceptors (Lipinski definition) is 4. The predicted octanol–water partition coefficient (Wildman–Crippen LogP) is 2.92. The molecule has 1 N–H and O–H groups in total. The monoisotopic (exact) mass is 393 g/mol. The van der Waals surface area contributed by atoms with Crippen LogP contribution in [-0.2, 0) is 4.79 Å². The summed E-state index contributed by atoms with van der Waals surface area (Å²) in [4.78, 5) is 31.1. The maximum Gasteiger partial charge on any atom is 0.255 e. The molecule has 4 rings (SSSR count). The number of rotatable bonds is 4. The predicted molar refractivity (Wildman–Crippen MR) is 110 cm³/mol. The topological polar surface area (TPSA) is 71.5 Å². The first kappa shape index (κ1) is 19.4. The molecule has 1 aromatic carbocycles. The minimum absolute atomic E-state index is 0.0123. The van der Waals surface area contributed by atoms with Crippen LogP contribution in [0.25, 0.3) is 0 Å². The maximum absolute atomic E-state index is 12.8. The maximum atomic E-state index is 12.8. The zero-order valence-corrected chi connectivity index (χ0v) is 16.9. The Kier molecular flexibility index (Phi) is 5.51. The number of aromatic nitrogens is 1.